The molecule has 0 aliphatic heterocycles. The lowest BCUT2D eigenvalue weighted by atomic mass is 10.0. The summed E-state index contributed by atoms with van der Waals surface area (Å²) in [6.45, 7) is 0. The summed E-state index contributed by atoms with van der Waals surface area (Å²) in [5.74, 6) is 0. The van der Waals surface area contributed by atoms with E-state index in [4.69, 9.17) is 16.6 Å². The molecule has 0 spiro atoms. The molecule has 3 aromatic carbocycles. The Morgan fingerprint density at radius 3 is 2.24 bits per heavy atom. The fraction of sp³-hybridized carbons (Fsp3) is 0. The maximum atomic E-state index is 5.95. The molecule has 4 aromatic rings. The summed E-state index contributed by atoms with van der Waals surface area (Å²) in [4.78, 5) is 4.89. The predicted octanol–water partition coefficient (Wildman–Crippen LogP) is 6.73. The van der Waals surface area contributed by atoms with Gasteiger partial charge in [-0.2, -0.15) is 0 Å². The minimum atomic E-state index is 0.743. The minimum absolute atomic E-state index is 0.743. The Kier molecular flexibility index (Phi) is 4.32. The molecule has 1 nitrogen and oxygen atoms in total. The molecule has 120 valence electrons. The first-order valence-corrected chi connectivity index (χ1v) is 8.56. The Morgan fingerprint density at radius 1 is 0.720 bits per heavy atom. The summed E-state index contributed by atoms with van der Waals surface area (Å²) >= 11 is 5.95. The average Bonchev–Trinajstić information content (AvgIpc) is 2.67. The van der Waals surface area contributed by atoms with E-state index in [1.165, 1.54) is 5.39 Å². The lowest BCUT2D eigenvalue weighted by Crippen LogP contribution is -1.90. The maximum Gasteiger partial charge on any atom is 0.0787 e. The zero-order chi connectivity index (χ0) is 17.1. The van der Waals surface area contributed by atoms with Crippen LogP contribution in [0.25, 0.3) is 34.2 Å². The number of halogens is 1. The van der Waals surface area contributed by atoms with Crippen molar-refractivity contribution in [1.29, 1.82) is 0 Å². The number of nitrogens with zero attached hydrogens (tertiary/aromatic N) is 1. The number of rotatable bonds is 3. The van der Waals surface area contributed by atoms with Crippen molar-refractivity contribution in [2.45, 2.75) is 0 Å². The first kappa shape index (κ1) is 15.6. The van der Waals surface area contributed by atoms with Crippen LogP contribution in [0.4, 0.5) is 0 Å². The Labute approximate surface area is 152 Å². The van der Waals surface area contributed by atoms with E-state index in [9.17, 15) is 0 Å². The SMILES string of the molecule is Clc1ccc(/C=C/c2cc3ccccc3c(-c3ccccc3)n2)cc1. The molecule has 0 unspecified atom stereocenters. The molecule has 0 aliphatic rings. The van der Waals surface area contributed by atoms with Crippen molar-refractivity contribution in [3.63, 3.8) is 0 Å². The highest BCUT2D eigenvalue weighted by atomic mass is 35.5. The van der Waals surface area contributed by atoms with Crippen LogP contribution in [0.3, 0.4) is 0 Å². The second-order valence-electron chi connectivity index (χ2n) is 5.87. The van der Waals surface area contributed by atoms with Gasteiger partial charge in [0.1, 0.15) is 0 Å². The fourth-order valence-electron chi connectivity index (χ4n) is 2.88. The number of benzene rings is 3. The van der Waals surface area contributed by atoms with E-state index in [0.29, 0.717) is 0 Å². The van der Waals surface area contributed by atoms with Crippen molar-refractivity contribution in [3.05, 3.63) is 101 Å². The molecule has 25 heavy (non-hydrogen) atoms. The zero-order valence-corrected chi connectivity index (χ0v) is 14.3. The second kappa shape index (κ2) is 6.92. The van der Waals surface area contributed by atoms with Crippen molar-refractivity contribution < 1.29 is 0 Å². The van der Waals surface area contributed by atoms with Crippen LogP contribution in [-0.4, -0.2) is 4.98 Å². The second-order valence-corrected chi connectivity index (χ2v) is 6.30. The molecule has 0 bridgehead atoms. The third-order valence-corrected chi connectivity index (χ3v) is 4.38. The van der Waals surface area contributed by atoms with E-state index in [0.717, 1.165) is 32.9 Å². The Balaban J connectivity index is 1.81. The van der Waals surface area contributed by atoms with E-state index < -0.39 is 0 Å². The third kappa shape index (κ3) is 3.47. The molecule has 4 rings (SSSR count). The van der Waals surface area contributed by atoms with Gasteiger partial charge in [-0.15, -0.1) is 0 Å². The molecule has 0 N–H and O–H groups in total. The fourth-order valence-corrected chi connectivity index (χ4v) is 3.00. The van der Waals surface area contributed by atoms with Gasteiger partial charge in [-0.3, -0.25) is 0 Å². The number of hydrogen-bond acceptors (Lipinski definition) is 1. The van der Waals surface area contributed by atoms with E-state index in [-0.39, 0.29) is 0 Å². The first-order valence-electron chi connectivity index (χ1n) is 8.18. The Morgan fingerprint density at radius 2 is 1.44 bits per heavy atom. The number of pyridine rings is 1. The van der Waals surface area contributed by atoms with Crippen LogP contribution in [0, 0.1) is 0 Å². The predicted molar refractivity (Wildman–Crippen MR) is 108 cm³/mol. The van der Waals surface area contributed by atoms with Gasteiger partial charge in [-0.1, -0.05) is 84.4 Å². The summed E-state index contributed by atoms with van der Waals surface area (Å²) in [7, 11) is 0. The molecular weight excluding hydrogens is 326 g/mol. The molecule has 0 atom stereocenters. The molecule has 0 aliphatic carbocycles. The monoisotopic (exact) mass is 341 g/mol. The van der Waals surface area contributed by atoms with Gasteiger partial charge in [0.25, 0.3) is 0 Å². The van der Waals surface area contributed by atoms with Crippen molar-refractivity contribution >= 4 is 34.5 Å². The smallest absolute Gasteiger partial charge is 0.0787 e. The highest BCUT2D eigenvalue weighted by Gasteiger charge is 2.06. The number of aromatic nitrogens is 1. The van der Waals surface area contributed by atoms with Crippen molar-refractivity contribution in [1.82, 2.24) is 4.98 Å². The van der Waals surface area contributed by atoms with Gasteiger partial charge in [0.2, 0.25) is 0 Å². The summed E-state index contributed by atoms with van der Waals surface area (Å²) in [6, 6.07) is 28.6. The number of hydrogen-bond donors (Lipinski definition) is 0. The van der Waals surface area contributed by atoms with Crippen LogP contribution in [-0.2, 0) is 0 Å². The third-order valence-electron chi connectivity index (χ3n) is 4.12. The van der Waals surface area contributed by atoms with Crippen LogP contribution in [0.5, 0.6) is 0 Å². The van der Waals surface area contributed by atoms with Gasteiger partial charge in [-0.05, 0) is 35.2 Å². The largest absolute Gasteiger partial charge is 0.248 e. The van der Waals surface area contributed by atoms with E-state index in [2.05, 4.69) is 48.5 Å². The van der Waals surface area contributed by atoms with Gasteiger partial charge < -0.3 is 0 Å². The highest BCUT2D eigenvalue weighted by Crippen LogP contribution is 2.28. The summed E-state index contributed by atoms with van der Waals surface area (Å²) in [5.41, 5.74) is 4.17. The van der Waals surface area contributed by atoms with Gasteiger partial charge in [0.05, 0.1) is 11.4 Å². The van der Waals surface area contributed by atoms with Crippen LogP contribution in [0.2, 0.25) is 5.02 Å². The molecule has 1 heterocycles. The molecule has 0 saturated heterocycles. The normalized spacial score (nSPS) is 11.2. The Hall–Kier alpha value is -2.90. The lowest BCUT2D eigenvalue weighted by molar-refractivity contribution is 1.32. The van der Waals surface area contributed by atoms with Gasteiger partial charge in [0.15, 0.2) is 0 Å². The van der Waals surface area contributed by atoms with E-state index >= 15 is 0 Å². The minimum Gasteiger partial charge on any atom is -0.248 e. The molecule has 0 saturated carbocycles. The van der Waals surface area contributed by atoms with Crippen LogP contribution in [0.15, 0.2) is 84.9 Å². The summed E-state index contributed by atoms with van der Waals surface area (Å²) in [6.07, 6.45) is 4.10. The molecule has 0 radical (unpaired) electrons. The summed E-state index contributed by atoms with van der Waals surface area (Å²) < 4.78 is 0. The van der Waals surface area contributed by atoms with Gasteiger partial charge in [-0.25, -0.2) is 4.98 Å². The van der Waals surface area contributed by atoms with Gasteiger partial charge in [0, 0.05) is 16.0 Å². The van der Waals surface area contributed by atoms with Crippen molar-refractivity contribution in [2.75, 3.05) is 0 Å². The van der Waals surface area contributed by atoms with Crippen LogP contribution < -0.4 is 0 Å². The quantitative estimate of drug-likeness (QED) is 0.402. The van der Waals surface area contributed by atoms with Crippen molar-refractivity contribution in [2.24, 2.45) is 0 Å². The molecule has 2 heteroatoms. The lowest BCUT2D eigenvalue weighted by Gasteiger charge is -2.08. The number of fused-ring (bicyclic) bond motifs is 1. The zero-order valence-electron chi connectivity index (χ0n) is 13.6. The first-order chi connectivity index (χ1) is 12.3. The van der Waals surface area contributed by atoms with E-state index in [1.54, 1.807) is 0 Å². The van der Waals surface area contributed by atoms with Crippen LogP contribution in [0.1, 0.15) is 11.3 Å². The van der Waals surface area contributed by atoms with E-state index in [1.807, 2.05) is 48.5 Å². The maximum absolute atomic E-state index is 5.95. The molecule has 0 amide bonds. The van der Waals surface area contributed by atoms with Crippen LogP contribution >= 0.6 is 11.6 Å². The topological polar surface area (TPSA) is 12.9 Å². The van der Waals surface area contributed by atoms with Crippen molar-refractivity contribution in [3.8, 4) is 11.3 Å². The standard InChI is InChI=1S/C23H16ClN/c24-20-13-10-17(11-14-20)12-15-21-16-19-8-4-5-9-22(19)23(25-21)18-6-2-1-3-7-18/h1-16H/b15-12+. The molecule has 0 fully saturated rings. The van der Waals surface area contributed by atoms with Gasteiger partial charge >= 0.3 is 0 Å². The molecular formula is C23H16ClN. The highest BCUT2D eigenvalue weighted by molar-refractivity contribution is 6.30. The molecule has 1 aromatic heterocycles. The average molecular weight is 342 g/mol. The Bertz CT molecular complexity index is 1030. The summed E-state index contributed by atoms with van der Waals surface area (Å²) in [5, 5.41) is 3.09.